The highest BCUT2D eigenvalue weighted by Gasteiger charge is 2.47. The Hall–Kier alpha value is -0.260. The Balaban J connectivity index is 2.29. The molecule has 0 aliphatic heterocycles. The van der Waals surface area contributed by atoms with E-state index in [2.05, 4.69) is 27.4 Å². The van der Waals surface area contributed by atoms with Gasteiger partial charge in [0.05, 0.1) is 0 Å². The van der Waals surface area contributed by atoms with Crippen LogP contribution in [0.4, 0.5) is 0 Å². The van der Waals surface area contributed by atoms with E-state index >= 15 is 0 Å². The largest absolute Gasteiger partial charge is 0.0995 e. The van der Waals surface area contributed by atoms with E-state index in [1.165, 1.54) is 24.8 Å². The quantitative estimate of drug-likeness (QED) is 0.479. The molecule has 0 aromatic heterocycles. The zero-order chi connectivity index (χ0) is 8.93. The van der Waals surface area contributed by atoms with Crippen molar-refractivity contribution < 1.29 is 0 Å². The smallest absolute Gasteiger partial charge is 0.0174 e. The molecule has 2 saturated carbocycles. The zero-order valence-corrected chi connectivity index (χ0v) is 8.56. The molecule has 2 fully saturated rings. The van der Waals surface area contributed by atoms with Crippen molar-refractivity contribution >= 4 is 0 Å². The Bertz CT molecular complexity index is 216. The Morgan fingerprint density at radius 1 is 1.42 bits per heavy atom. The first-order valence-corrected chi connectivity index (χ1v) is 5.20. The summed E-state index contributed by atoms with van der Waals surface area (Å²) in [5, 5.41) is 0. The number of allylic oxidation sites excluding steroid dienone is 1. The summed E-state index contributed by atoms with van der Waals surface area (Å²) in [7, 11) is 0. The fourth-order valence-electron chi connectivity index (χ4n) is 3.35. The number of hydrogen-bond acceptors (Lipinski definition) is 0. The van der Waals surface area contributed by atoms with Gasteiger partial charge in [-0.15, -0.1) is 0 Å². The van der Waals surface area contributed by atoms with Crippen molar-refractivity contribution in [3.8, 4) is 0 Å². The van der Waals surface area contributed by atoms with E-state index in [1.807, 2.05) is 0 Å². The Morgan fingerprint density at radius 3 is 2.75 bits per heavy atom. The van der Waals surface area contributed by atoms with Crippen LogP contribution in [0.1, 0.15) is 40.0 Å². The van der Waals surface area contributed by atoms with Gasteiger partial charge in [0, 0.05) is 0 Å². The fourth-order valence-corrected chi connectivity index (χ4v) is 3.35. The molecule has 2 aliphatic carbocycles. The zero-order valence-electron chi connectivity index (χ0n) is 8.56. The van der Waals surface area contributed by atoms with Gasteiger partial charge in [0.15, 0.2) is 0 Å². The van der Waals surface area contributed by atoms with Gasteiger partial charge in [-0.3, -0.25) is 0 Å². The summed E-state index contributed by atoms with van der Waals surface area (Å²) in [6.45, 7) is 11.5. The monoisotopic (exact) mass is 164 g/mol. The Labute approximate surface area is 76.1 Å². The third-order valence-electron chi connectivity index (χ3n) is 4.44. The molecular formula is C12H20. The van der Waals surface area contributed by atoms with Crippen LogP contribution in [0.15, 0.2) is 12.2 Å². The Kier molecular flexibility index (Phi) is 1.65. The van der Waals surface area contributed by atoms with Gasteiger partial charge in [-0.05, 0) is 42.4 Å². The third-order valence-corrected chi connectivity index (χ3v) is 4.44. The van der Waals surface area contributed by atoms with Crippen molar-refractivity contribution in [1.82, 2.24) is 0 Å². The highest BCUT2D eigenvalue weighted by molar-refractivity contribution is 5.17. The lowest BCUT2D eigenvalue weighted by atomic mass is 9.66. The molecule has 4 atom stereocenters. The second-order valence-corrected chi connectivity index (χ2v) is 5.41. The summed E-state index contributed by atoms with van der Waals surface area (Å²) in [6, 6.07) is 0. The van der Waals surface area contributed by atoms with Crippen LogP contribution in [0.5, 0.6) is 0 Å². The second kappa shape index (κ2) is 2.37. The molecule has 2 aliphatic rings. The molecule has 0 N–H and O–H groups in total. The van der Waals surface area contributed by atoms with E-state index in [4.69, 9.17) is 0 Å². The first-order chi connectivity index (χ1) is 5.53. The summed E-state index contributed by atoms with van der Waals surface area (Å²) in [6.07, 6.45) is 4.12. The average Bonchev–Trinajstić information content (AvgIpc) is 2.23. The van der Waals surface area contributed by atoms with Crippen molar-refractivity contribution in [3.05, 3.63) is 12.2 Å². The van der Waals surface area contributed by atoms with Gasteiger partial charge in [0.25, 0.3) is 0 Å². The molecule has 0 aromatic carbocycles. The van der Waals surface area contributed by atoms with Gasteiger partial charge < -0.3 is 0 Å². The minimum Gasteiger partial charge on any atom is -0.0995 e. The predicted molar refractivity (Wildman–Crippen MR) is 52.9 cm³/mol. The topological polar surface area (TPSA) is 0 Å². The minimum absolute atomic E-state index is 0.605. The molecule has 0 aromatic rings. The van der Waals surface area contributed by atoms with E-state index in [0.717, 1.165) is 17.8 Å². The molecule has 4 unspecified atom stereocenters. The van der Waals surface area contributed by atoms with Crippen LogP contribution in [-0.4, -0.2) is 0 Å². The second-order valence-electron chi connectivity index (χ2n) is 5.41. The molecule has 2 bridgehead atoms. The van der Waals surface area contributed by atoms with Gasteiger partial charge >= 0.3 is 0 Å². The van der Waals surface area contributed by atoms with E-state index < -0.39 is 0 Å². The van der Waals surface area contributed by atoms with Crippen LogP contribution in [-0.2, 0) is 0 Å². The van der Waals surface area contributed by atoms with Gasteiger partial charge in [-0.25, -0.2) is 0 Å². The lowest BCUT2D eigenvalue weighted by Crippen LogP contribution is -2.30. The predicted octanol–water partition coefficient (Wildman–Crippen LogP) is 3.63. The lowest BCUT2D eigenvalue weighted by Gasteiger charge is -2.38. The standard InChI is InChI=1S/C12H20/c1-8-5-10(3)12(4)6-9(2)11(8)7-12/h8,10-11H,2,5-7H2,1,3-4H3. The molecule has 0 heterocycles. The van der Waals surface area contributed by atoms with Gasteiger partial charge in [-0.2, -0.15) is 0 Å². The average molecular weight is 164 g/mol. The number of hydrogen-bond donors (Lipinski definition) is 0. The van der Waals surface area contributed by atoms with Crippen LogP contribution in [0.2, 0.25) is 0 Å². The van der Waals surface area contributed by atoms with Crippen LogP contribution in [0.3, 0.4) is 0 Å². The van der Waals surface area contributed by atoms with E-state index in [9.17, 15) is 0 Å². The van der Waals surface area contributed by atoms with Crippen LogP contribution >= 0.6 is 0 Å². The summed E-state index contributed by atoms with van der Waals surface area (Å²) >= 11 is 0. The molecule has 0 nitrogen and oxygen atoms in total. The molecule has 0 saturated heterocycles. The molecule has 0 radical (unpaired) electrons. The first-order valence-electron chi connectivity index (χ1n) is 5.20. The van der Waals surface area contributed by atoms with Crippen molar-refractivity contribution in [2.45, 2.75) is 40.0 Å². The maximum absolute atomic E-state index is 4.23. The van der Waals surface area contributed by atoms with E-state index in [-0.39, 0.29) is 0 Å². The first kappa shape index (κ1) is 8.34. The summed E-state index contributed by atoms with van der Waals surface area (Å²) in [5.41, 5.74) is 2.14. The van der Waals surface area contributed by atoms with E-state index in [1.54, 1.807) is 0 Å². The van der Waals surface area contributed by atoms with Crippen LogP contribution < -0.4 is 0 Å². The summed E-state index contributed by atoms with van der Waals surface area (Å²) < 4.78 is 0. The van der Waals surface area contributed by atoms with Gasteiger partial charge in [-0.1, -0.05) is 32.9 Å². The van der Waals surface area contributed by atoms with Crippen molar-refractivity contribution in [2.75, 3.05) is 0 Å². The number of rotatable bonds is 0. The molecule has 2 rings (SSSR count). The van der Waals surface area contributed by atoms with Crippen molar-refractivity contribution in [1.29, 1.82) is 0 Å². The summed E-state index contributed by atoms with van der Waals surface area (Å²) in [4.78, 5) is 0. The minimum atomic E-state index is 0.605. The van der Waals surface area contributed by atoms with Gasteiger partial charge in [0.2, 0.25) is 0 Å². The third kappa shape index (κ3) is 0.967. The summed E-state index contributed by atoms with van der Waals surface area (Å²) in [5.74, 6) is 2.65. The van der Waals surface area contributed by atoms with Crippen LogP contribution in [0, 0.1) is 23.2 Å². The normalized spacial score (nSPS) is 52.9. The van der Waals surface area contributed by atoms with Crippen molar-refractivity contribution in [2.24, 2.45) is 23.2 Å². The highest BCUT2D eigenvalue weighted by Crippen LogP contribution is 2.57. The van der Waals surface area contributed by atoms with E-state index in [0.29, 0.717) is 5.41 Å². The Morgan fingerprint density at radius 2 is 2.08 bits per heavy atom. The molecule has 68 valence electrons. The molecule has 12 heavy (non-hydrogen) atoms. The maximum atomic E-state index is 4.23. The van der Waals surface area contributed by atoms with Gasteiger partial charge in [0.1, 0.15) is 0 Å². The highest BCUT2D eigenvalue weighted by atomic mass is 14.5. The maximum Gasteiger partial charge on any atom is -0.0174 e. The molecule has 0 heteroatoms. The fraction of sp³-hybridized carbons (Fsp3) is 0.833. The van der Waals surface area contributed by atoms with Crippen LogP contribution in [0.25, 0.3) is 0 Å². The molecule has 0 amide bonds. The van der Waals surface area contributed by atoms with Crippen molar-refractivity contribution in [3.63, 3.8) is 0 Å². The SMILES string of the molecule is C=C1CC2(C)CC1C(C)CC2C. The lowest BCUT2D eigenvalue weighted by molar-refractivity contribution is 0.112. The molecule has 0 spiro atoms. The molecular weight excluding hydrogens is 144 g/mol. The number of fused-ring (bicyclic) bond motifs is 2.